The standard InChI is InChI=1S/C33H45N4O4S/c1-20-17-32(3,4)35(7)28-15-30-26(13-24(20)28)34-27-14-25-23(18-33(5,6)36(8)29(25)16-31(27)41-30)19-42(39,40)37-11-9-22(10-12-37)21(2)38/h13-16,20,22-23H,9-12,17-19H2,1-8H3/q+1. The van der Waals surface area contributed by atoms with Gasteiger partial charge in [-0.1, -0.05) is 6.92 Å². The number of carbonyl (C=O) groups is 1. The van der Waals surface area contributed by atoms with Crippen LogP contribution in [0.1, 0.15) is 90.2 Å². The molecule has 1 fully saturated rings. The van der Waals surface area contributed by atoms with Crippen LogP contribution in [0.4, 0.5) is 11.4 Å². The number of carbonyl (C=O) groups excluding carboxylic acids is 1. The van der Waals surface area contributed by atoms with E-state index in [0.717, 1.165) is 34.1 Å². The van der Waals surface area contributed by atoms with Crippen LogP contribution in [0.3, 0.4) is 0 Å². The zero-order valence-electron chi connectivity index (χ0n) is 26.3. The molecule has 6 rings (SSSR count). The number of rotatable bonds is 4. The van der Waals surface area contributed by atoms with Gasteiger partial charge < -0.3 is 9.64 Å². The summed E-state index contributed by atoms with van der Waals surface area (Å²) in [7, 11) is 0.719. The van der Waals surface area contributed by atoms with Gasteiger partial charge in [0.25, 0.3) is 0 Å². The minimum atomic E-state index is -3.51. The van der Waals surface area contributed by atoms with Crippen molar-refractivity contribution in [2.24, 2.45) is 10.9 Å². The summed E-state index contributed by atoms with van der Waals surface area (Å²) in [5.74, 6) is 1.85. The summed E-state index contributed by atoms with van der Waals surface area (Å²) in [5.41, 5.74) is 4.10. The number of ether oxygens (including phenoxy) is 1. The van der Waals surface area contributed by atoms with Gasteiger partial charge in [-0.3, -0.25) is 4.79 Å². The second-order valence-corrected chi connectivity index (χ2v) is 16.3. The number of hydrogen-bond acceptors (Lipinski definition) is 6. The first-order valence-corrected chi connectivity index (χ1v) is 16.9. The number of benzene rings is 2. The Morgan fingerprint density at radius 1 is 1.05 bits per heavy atom. The van der Waals surface area contributed by atoms with Crippen molar-refractivity contribution in [1.29, 1.82) is 0 Å². The maximum absolute atomic E-state index is 13.7. The second-order valence-electron chi connectivity index (χ2n) is 14.3. The van der Waals surface area contributed by atoms with Gasteiger partial charge in [0.15, 0.2) is 17.0 Å². The highest BCUT2D eigenvalue weighted by atomic mass is 32.2. The average Bonchev–Trinajstić information content (AvgIpc) is 2.91. The molecule has 4 aliphatic rings. The van der Waals surface area contributed by atoms with E-state index in [2.05, 4.69) is 76.4 Å². The molecule has 9 heteroatoms. The maximum atomic E-state index is 13.7. The van der Waals surface area contributed by atoms with Gasteiger partial charge in [-0.25, -0.2) is 22.3 Å². The Kier molecular flexibility index (Phi) is 6.89. The number of anilines is 1. The zero-order valence-corrected chi connectivity index (χ0v) is 27.1. The fourth-order valence-corrected chi connectivity index (χ4v) is 9.37. The molecule has 2 aromatic carbocycles. The lowest BCUT2D eigenvalue weighted by Gasteiger charge is -2.45. The molecule has 8 nitrogen and oxygen atoms in total. The largest absolute Gasteiger partial charge is 0.452 e. The molecule has 2 unspecified atom stereocenters. The quantitative estimate of drug-likeness (QED) is 0.417. The first-order valence-electron chi connectivity index (χ1n) is 15.3. The highest BCUT2D eigenvalue weighted by molar-refractivity contribution is 7.89. The highest BCUT2D eigenvalue weighted by Gasteiger charge is 2.42. The van der Waals surface area contributed by atoms with Crippen LogP contribution < -0.4 is 24.9 Å². The van der Waals surface area contributed by atoms with E-state index in [1.807, 2.05) is 6.07 Å². The summed E-state index contributed by atoms with van der Waals surface area (Å²) in [4.78, 5) is 19.3. The van der Waals surface area contributed by atoms with Crippen LogP contribution in [0.2, 0.25) is 0 Å². The Morgan fingerprint density at radius 3 is 2.40 bits per heavy atom. The normalized spacial score (nSPS) is 25.0. The van der Waals surface area contributed by atoms with Gasteiger partial charge in [0.2, 0.25) is 15.4 Å². The minimum absolute atomic E-state index is 0.0315. The fourth-order valence-electron chi connectivity index (χ4n) is 7.58. The van der Waals surface area contributed by atoms with Crippen molar-refractivity contribution in [3.63, 3.8) is 0 Å². The van der Waals surface area contributed by atoms with E-state index in [4.69, 9.17) is 9.73 Å². The van der Waals surface area contributed by atoms with Gasteiger partial charge in [-0.15, -0.1) is 0 Å². The fraction of sp³-hybridized carbons (Fsp3) is 0.606. The third-order valence-corrected chi connectivity index (χ3v) is 12.5. The first-order chi connectivity index (χ1) is 19.6. The van der Waals surface area contributed by atoms with Crippen LogP contribution in [-0.4, -0.2) is 62.5 Å². The van der Waals surface area contributed by atoms with Crippen molar-refractivity contribution < 1.29 is 17.9 Å². The van der Waals surface area contributed by atoms with Crippen molar-refractivity contribution in [1.82, 2.24) is 8.88 Å². The molecular weight excluding hydrogens is 548 g/mol. The van der Waals surface area contributed by atoms with Gasteiger partial charge in [0.1, 0.15) is 23.9 Å². The number of ketones is 1. The van der Waals surface area contributed by atoms with Gasteiger partial charge >= 0.3 is 0 Å². The average molecular weight is 594 g/mol. The van der Waals surface area contributed by atoms with Crippen LogP contribution in [0.5, 0.6) is 11.5 Å². The summed E-state index contributed by atoms with van der Waals surface area (Å²) >= 11 is 0. The molecule has 0 spiro atoms. The van der Waals surface area contributed by atoms with Gasteiger partial charge in [0.05, 0.1) is 11.8 Å². The molecule has 4 heterocycles. The van der Waals surface area contributed by atoms with Crippen molar-refractivity contribution in [3.8, 4) is 11.5 Å². The van der Waals surface area contributed by atoms with E-state index in [1.54, 1.807) is 11.2 Å². The van der Waals surface area contributed by atoms with E-state index in [-0.39, 0.29) is 34.4 Å². The van der Waals surface area contributed by atoms with E-state index >= 15 is 0 Å². The van der Waals surface area contributed by atoms with Crippen LogP contribution in [0, 0.1) is 5.92 Å². The molecule has 2 atom stereocenters. The SMILES string of the molecule is CC(=O)C1CCN(S(=O)(=O)CC2CC(C)(C)[N+](C)=c3cc4c(cc32)=Nc2cc3c(cc2O4)N(C)C(C)(C)CC3C)CC1. The van der Waals surface area contributed by atoms with E-state index in [1.165, 1.54) is 11.3 Å². The molecule has 226 valence electrons. The molecule has 0 amide bonds. The predicted octanol–water partition coefficient (Wildman–Crippen LogP) is 4.48. The van der Waals surface area contributed by atoms with Gasteiger partial charge in [-0.2, -0.15) is 0 Å². The third kappa shape index (κ3) is 4.86. The molecule has 0 saturated carbocycles. The van der Waals surface area contributed by atoms with Crippen molar-refractivity contribution >= 4 is 27.2 Å². The van der Waals surface area contributed by atoms with E-state index in [9.17, 15) is 13.2 Å². The van der Waals surface area contributed by atoms with Crippen molar-refractivity contribution in [2.45, 2.75) is 90.1 Å². The first kappa shape index (κ1) is 29.3. The number of piperidine rings is 1. The third-order valence-electron chi connectivity index (χ3n) is 10.6. The molecular formula is C33H45N4O4S+. The van der Waals surface area contributed by atoms with E-state index < -0.39 is 10.0 Å². The van der Waals surface area contributed by atoms with Crippen molar-refractivity contribution in [2.75, 3.05) is 37.8 Å². The Hall–Kier alpha value is -2.78. The second kappa shape index (κ2) is 9.88. The molecule has 1 saturated heterocycles. The Bertz CT molecular complexity index is 1700. The molecule has 0 bridgehead atoms. The summed E-state index contributed by atoms with van der Waals surface area (Å²) in [6.07, 6.45) is 2.97. The summed E-state index contributed by atoms with van der Waals surface area (Å²) in [6, 6.07) is 8.41. The summed E-state index contributed by atoms with van der Waals surface area (Å²) in [6.45, 7) is 13.6. The number of Topliss-reactive ketones (excluding diaryl/α,β-unsaturated/α-hetero) is 1. The summed E-state index contributed by atoms with van der Waals surface area (Å²) < 4.78 is 37.8. The molecule has 42 heavy (non-hydrogen) atoms. The topological polar surface area (TPSA) is 82.3 Å². The molecule has 0 radical (unpaired) electrons. The predicted molar refractivity (Wildman–Crippen MR) is 166 cm³/mol. The number of nitrogens with zero attached hydrogens (tertiary/aromatic N) is 4. The van der Waals surface area contributed by atoms with Gasteiger partial charge in [0, 0.05) is 61.2 Å². The Labute approximate surface area is 250 Å². The smallest absolute Gasteiger partial charge is 0.214 e. The Morgan fingerprint density at radius 2 is 1.74 bits per heavy atom. The van der Waals surface area contributed by atoms with Gasteiger partial charge in [-0.05, 0) is 77.5 Å². The lowest BCUT2D eigenvalue weighted by atomic mass is 9.80. The van der Waals surface area contributed by atoms with Crippen molar-refractivity contribution in [3.05, 3.63) is 46.1 Å². The monoisotopic (exact) mass is 593 g/mol. The molecule has 0 N–H and O–H groups in total. The minimum Gasteiger partial charge on any atom is -0.452 e. The Balaban J connectivity index is 1.39. The molecule has 0 aromatic heterocycles. The lowest BCUT2D eigenvalue weighted by molar-refractivity contribution is -0.121. The number of fused-ring (bicyclic) bond motifs is 4. The molecule has 2 aromatic rings. The van der Waals surface area contributed by atoms with Crippen LogP contribution >= 0.6 is 0 Å². The maximum Gasteiger partial charge on any atom is 0.214 e. The van der Waals surface area contributed by atoms with Crippen LogP contribution in [0.15, 0.2) is 29.3 Å². The van der Waals surface area contributed by atoms with Crippen LogP contribution in [-0.2, 0) is 14.8 Å². The van der Waals surface area contributed by atoms with Crippen LogP contribution in [0.25, 0.3) is 0 Å². The van der Waals surface area contributed by atoms with E-state index in [0.29, 0.717) is 44.0 Å². The highest BCUT2D eigenvalue weighted by Crippen LogP contribution is 2.48. The zero-order chi connectivity index (χ0) is 30.4. The molecule has 4 aliphatic heterocycles. The number of hydrogen-bond donors (Lipinski definition) is 0. The lowest BCUT2D eigenvalue weighted by Crippen LogP contribution is -2.52. The summed E-state index contributed by atoms with van der Waals surface area (Å²) in [5, 5.41) is 1.74. The molecule has 0 aliphatic carbocycles. The number of sulfonamides is 1.